The number of fused-ring (bicyclic) bond motifs is 1. The van der Waals surface area contributed by atoms with Gasteiger partial charge in [-0.1, -0.05) is 30.3 Å². The van der Waals surface area contributed by atoms with E-state index in [-0.39, 0.29) is 6.04 Å². The average Bonchev–Trinajstić information content (AvgIpc) is 2.49. The van der Waals surface area contributed by atoms with Crippen LogP contribution in [-0.4, -0.2) is 17.7 Å². The number of anilines is 1. The molecule has 1 atom stereocenters. The van der Waals surface area contributed by atoms with Crippen molar-refractivity contribution in [3.63, 3.8) is 0 Å². The quantitative estimate of drug-likeness (QED) is 0.903. The number of carboxylic acids is 1. The molecule has 4 nitrogen and oxygen atoms in total. The Morgan fingerprint density at radius 2 is 2.05 bits per heavy atom. The van der Waals surface area contributed by atoms with Gasteiger partial charge in [-0.2, -0.15) is 0 Å². The van der Waals surface area contributed by atoms with Crippen LogP contribution in [0.4, 0.5) is 5.69 Å². The van der Waals surface area contributed by atoms with E-state index in [0.29, 0.717) is 17.9 Å². The van der Waals surface area contributed by atoms with E-state index in [2.05, 4.69) is 5.32 Å². The molecule has 0 spiro atoms. The lowest BCUT2D eigenvalue weighted by molar-refractivity contribution is 0.0698. The third kappa shape index (κ3) is 2.57. The van der Waals surface area contributed by atoms with Crippen LogP contribution in [0.3, 0.4) is 0 Å². The van der Waals surface area contributed by atoms with Gasteiger partial charge < -0.3 is 15.2 Å². The Morgan fingerprint density at radius 1 is 1.24 bits per heavy atom. The van der Waals surface area contributed by atoms with Gasteiger partial charge in [-0.25, -0.2) is 4.79 Å². The van der Waals surface area contributed by atoms with Gasteiger partial charge in [0.05, 0.1) is 23.9 Å². The molecule has 1 unspecified atom stereocenters. The van der Waals surface area contributed by atoms with Crippen LogP contribution in [0.25, 0.3) is 0 Å². The van der Waals surface area contributed by atoms with Gasteiger partial charge in [-0.05, 0) is 24.6 Å². The molecule has 4 heteroatoms. The van der Waals surface area contributed by atoms with Crippen LogP contribution in [-0.2, 0) is 0 Å². The second kappa shape index (κ2) is 5.48. The van der Waals surface area contributed by atoms with Gasteiger partial charge in [0.15, 0.2) is 0 Å². The van der Waals surface area contributed by atoms with E-state index in [1.165, 1.54) is 0 Å². The highest BCUT2D eigenvalue weighted by atomic mass is 16.5. The lowest BCUT2D eigenvalue weighted by Crippen LogP contribution is -2.21. The first-order chi connectivity index (χ1) is 10.2. The van der Waals surface area contributed by atoms with Gasteiger partial charge in [0.2, 0.25) is 0 Å². The summed E-state index contributed by atoms with van der Waals surface area (Å²) in [4.78, 5) is 11.4. The zero-order chi connectivity index (χ0) is 14.8. The first-order valence-corrected chi connectivity index (χ1v) is 6.98. The van der Waals surface area contributed by atoms with Crippen molar-refractivity contribution in [3.05, 3.63) is 59.2 Å². The number of aryl methyl sites for hydroxylation is 1. The number of benzene rings is 2. The smallest absolute Gasteiger partial charge is 0.337 e. The van der Waals surface area contributed by atoms with Crippen molar-refractivity contribution in [2.24, 2.45) is 0 Å². The Balaban J connectivity index is 1.97. The maximum Gasteiger partial charge on any atom is 0.337 e. The van der Waals surface area contributed by atoms with E-state index in [4.69, 9.17) is 4.74 Å². The maximum atomic E-state index is 11.4. The van der Waals surface area contributed by atoms with Crippen LogP contribution in [0.15, 0.2) is 42.5 Å². The zero-order valence-corrected chi connectivity index (χ0v) is 11.8. The summed E-state index contributed by atoms with van der Waals surface area (Å²) in [6.07, 6.45) is 0.810. The normalized spacial score (nSPS) is 16.7. The van der Waals surface area contributed by atoms with Crippen molar-refractivity contribution in [2.75, 3.05) is 11.9 Å². The van der Waals surface area contributed by atoms with Gasteiger partial charge in [-0.3, -0.25) is 0 Å². The number of nitrogens with one attached hydrogen (secondary N) is 1. The van der Waals surface area contributed by atoms with Crippen LogP contribution in [0.1, 0.15) is 33.9 Å². The Bertz CT molecular complexity index is 681. The second-order valence-corrected chi connectivity index (χ2v) is 5.17. The molecule has 2 N–H and O–H groups in total. The van der Waals surface area contributed by atoms with Crippen molar-refractivity contribution in [2.45, 2.75) is 19.4 Å². The minimum absolute atomic E-state index is 0.0640. The summed E-state index contributed by atoms with van der Waals surface area (Å²) in [6.45, 7) is 2.54. The minimum Gasteiger partial charge on any atom is -0.493 e. The van der Waals surface area contributed by atoms with Crippen molar-refractivity contribution in [3.8, 4) is 5.75 Å². The molecule has 0 saturated carbocycles. The zero-order valence-electron chi connectivity index (χ0n) is 11.8. The molecule has 3 rings (SSSR count). The molecular weight excluding hydrogens is 266 g/mol. The fraction of sp³-hybridized carbons (Fsp3) is 0.235. The van der Waals surface area contributed by atoms with Gasteiger partial charge in [0.1, 0.15) is 5.75 Å². The Morgan fingerprint density at radius 3 is 2.86 bits per heavy atom. The summed E-state index contributed by atoms with van der Waals surface area (Å²) in [5.41, 5.74) is 2.99. The summed E-state index contributed by atoms with van der Waals surface area (Å²) < 4.78 is 5.64. The van der Waals surface area contributed by atoms with Gasteiger partial charge in [-0.15, -0.1) is 0 Å². The van der Waals surface area contributed by atoms with Crippen molar-refractivity contribution in [1.29, 1.82) is 0 Å². The molecule has 0 bridgehead atoms. The molecule has 0 amide bonds. The van der Waals surface area contributed by atoms with Gasteiger partial charge in [0.25, 0.3) is 0 Å². The molecule has 1 aliphatic rings. The summed E-state index contributed by atoms with van der Waals surface area (Å²) >= 11 is 0. The molecule has 2 aromatic rings. The van der Waals surface area contributed by atoms with Crippen molar-refractivity contribution < 1.29 is 14.6 Å². The monoisotopic (exact) mass is 283 g/mol. The molecule has 108 valence electrons. The molecule has 0 aliphatic carbocycles. The van der Waals surface area contributed by atoms with E-state index in [9.17, 15) is 9.90 Å². The summed E-state index contributed by atoms with van der Waals surface area (Å²) in [6, 6.07) is 13.2. The van der Waals surface area contributed by atoms with Crippen LogP contribution in [0.2, 0.25) is 0 Å². The number of rotatable bonds is 3. The standard InChI is InChI=1S/C17H17NO3/c1-11-5-4-7-13(17(19)20)16(11)18-14-9-10-21-15-8-3-2-6-12(14)15/h2-8,14,18H,9-10H2,1H3,(H,19,20). The molecule has 0 aromatic heterocycles. The fourth-order valence-corrected chi connectivity index (χ4v) is 2.70. The molecule has 2 aromatic carbocycles. The van der Waals surface area contributed by atoms with E-state index in [1.807, 2.05) is 37.3 Å². The number of ether oxygens (including phenoxy) is 1. The highest BCUT2D eigenvalue weighted by molar-refractivity contribution is 5.95. The number of carbonyl (C=O) groups is 1. The van der Waals surface area contributed by atoms with Crippen LogP contribution >= 0.6 is 0 Å². The molecule has 1 heterocycles. The number of para-hydroxylation sites is 2. The highest BCUT2D eigenvalue weighted by Crippen LogP contribution is 2.35. The molecule has 0 saturated heterocycles. The fourth-order valence-electron chi connectivity index (χ4n) is 2.70. The second-order valence-electron chi connectivity index (χ2n) is 5.17. The van der Waals surface area contributed by atoms with Gasteiger partial charge >= 0.3 is 5.97 Å². The van der Waals surface area contributed by atoms with Crippen molar-refractivity contribution >= 4 is 11.7 Å². The number of hydrogen-bond donors (Lipinski definition) is 2. The van der Waals surface area contributed by atoms with E-state index in [0.717, 1.165) is 23.3 Å². The number of carboxylic acid groups (broad SMARTS) is 1. The SMILES string of the molecule is Cc1cccc(C(=O)O)c1NC1CCOc2ccccc21. The summed E-state index contributed by atoms with van der Waals surface area (Å²) in [5.74, 6) is -0.0479. The van der Waals surface area contributed by atoms with E-state index < -0.39 is 5.97 Å². The topological polar surface area (TPSA) is 58.6 Å². The average molecular weight is 283 g/mol. The minimum atomic E-state index is -0.915. The lowest BCUT2D eigenvalue weighted by Gasteiger charge is -2.28. The summed E-state index contributed by atoms with van der Waals surface area (Å²) in [5, 5.41) is 12.7. The molecule has 21 heavy (non-hydrogen) atoms. The molecule has 0 radical (unpaired) electrons. The van der Waals surface area contributed by atoms with Crippen LogP contribution < -0.4 is 10.1 Å². The predicted octanol–water partition coefficient (Wildman–Crippen LogP) is 3.63. The van der Waals surface area contributed by atoms with E-state index in [1.54, 1.807) is 12.1 Å². The van der Waals surface area contributed by atoms with Crippen molar-refractivity contribution in [1.82, 2.24) is 0 Å². The predicted molar refractivity (Wildman–Crippen MR) is 81.1 cm³/mol. The molecular formula is C17H17NO3. The largest absolute Gasteiger partial charge is 0.493 e. The van der Waals surface area contributed by atoms with E-state index >= 15 is 0 Å². The number of hydrogen-bond acceptors (Lipinski definition) is 3. The Hall–Kier alpha value is -2.49. The lowest BCUT2D eigenvalue weighted by atomic mass is 9.98. The Kier molecular flexibility index (Phi) is 3.52. The highest BCUT2D eigenvalue weighted by Gasteiger charge is 2.23. The first-order valence-electron chi connectivity index (χ1n) is 6.98. The summed E-state index contributed by atoms with van der Waals surface area (Å²) in [7, 11) is 0. The Labute approximate surface area is 123 Å². The maximum absolute atomic E-state index is 11.4. The van der Waals surface area contributed by atoms with Crippen LogP contribution in [0.5, 0.6) is 5.75 Å². The number of aromatic carboxylic acids is 1. The van der Waals surface area contributed by atoms with Gasteiger partial charge in [0, 0.05) is 12.0 Å². The molecule has 0 fully saturated rings. The third-order valence-corrected chi connectivity index (χ3v) is 3.78. The van der Waals surface area contributed by atoms with Crippen LogP contribution in [0, 0.1) is 6.92 Å². The molecule has 1 aliphatic heterocycles. The first kappa shape index (κ1) is 13.5. The third-order valence-electron chi connectivity index (χ3n) is 3.78.